The number of benzene rings is 1. The van der Waals surface area contributed by atoms with Gasteiger partial charge in [-0.3, -0.25) is 4.79 Å². The minimum absolute atomic E-state index is 0.0932. The van der Waals surface area contributed by atoms with Crippen molar-refractivity contribution in [3.63, 3.8) is 0 Å². The summed E-state index contributed by atoms with van der Waals surface area (Å²) in [4.78, 5) is 11.8. The molecule has 0 spiro atoms. The molecular formula is C12H14BrF2NO2. The van der Waals surface area contributed by atoms with Crippen molar-refractivity contribution in [2.75, 3.05) is 6.61 Å². The van der Waals surface area contributed by atoms with E-state index >= 15 is 0 Å². The fraction of sp³-hybridized carbons (Fsp3) is 0.417. The average Bonchev–Trinajstić information content (AvgIpc) is 2.26. The predicted molar refractivity (Wildman–Crippen MR) is 67.3 cm³/mol. The van der Waals surface area contributed by atoms with Crippen LogP contribution in [-0.2, 0) is 0 Å². The zero-order valence-corrected chi connectivity index (χ0v) is 11.4. The number of nitrogens with one attached hydrogen (secondary N) is 1. The van der Waals surface area contributed by atoms with E-state index < -0.39 is 23.1 Å². The summed E-state index contributed by atoms with van der Waals surface area (Å²) in [5.41, 5.74) is -0.602. The van der Waals surface area contributed by atoms with Crippen molar-refractivity contribution >= 4 is 21.8 Å². The normalized spacial score (nSPS) is 12.3. The minimum Gasteiger partial charge on any atom is -0.396 e. The van der Waals surface area contributed by atoms with Crippen LogP contribution in [0.1, 0.15) is 30.1 Å². The van der Waals surface area contributed by atoms with Crippen LogP contribution in [0, 0.1) is 11.6 Å². The Morgan fingerprint density at radius 1 is 1.44 bits per heavy atom. The van der Waals surface area contributed by atoms with Crippen molar-refractivity contribution in [1.82, 2.24) is 5.32 Å². The van der Waals surface area contributed by atoms with E-state index in [1.54, 1.807) is 0 Å². The molecule has 1 atom stereocenters. The fourth-order valence-electron chi connectivity index (χ4n) is 1.55. The van der Waals surface area contributed by atoms with Crippen LogP contribution in [0.3, 0.4) is 0 Å². The van der Waals surface area contributed by atoms with Crippen LogP contribution < -0.4 is 5.32 Å². The van der Waals surface area contributed by atoms with Crippen molar-refractivity contribution in [3.8, 4) is 0 Å². The second-order valence-electron chi connectivity index (χ2n) is 3.84. The molecule has 18 heavy (non-hydrogen) atoms. The molecule has 0 aliphatic heterocycles. The second kappa shape index (κ2) is 6.80. The summed E-state index contributed by atoms with van der Waals surface area (Å²) in [5, 5.41) is 11.3. The molecule has 1 aromatic carbocycles. The summed E-state index contributed by atoms with van der Waals surface area (Å²) >= 11 is 2.94. The maximum Gasteiger partial charge on any atom is 0.257 e. The van der Waals surface area contributed by atoms with Crippen molar-refractivity contribution in [2.45, 2.75) is 25.8 Å². The SMILES string of the molecule is CCC(CCO)NC(=O)c1c(F)cc(Br)cc1F. The Balaban J connectivity index is 2.90. The monoisotopic (exact) mass is 321 g/mol. The van der Waals surface area contributed by atoms with Gasteiger partial charge in [-0.25, -0.2) is 8.78 Å². The third-order valence-electron chi connectivity index (χ3n) is 2.54. The molecular weight excluding hydrogens is 308 g/mol. The summed E-state index contributed by atoms with van der Waals surface area (Å²) in [6.07, 6.45) is 0.925. The average molecular weight is 322 g/mol. The minimum atomic E-state index is -0.918. The van der Waals surface area contributed by atoms with Gasteiger partial charge in [-0.2, -0.15) is 0 Å². The first-order chi connectivity index (χ1) is 8.49. The van der Waals surface area contributed by atoms with Gasteiger partial charge in [0.2, 0.25) is 0 Å². The molecule has 1 aromatic rings. The molecule has 100 valence electrons. The summed E-state index contributed by atoms with van der Waals surface area (Å²) < 4.78 is 27.3. The van der Waals surface area contributed by atoms with Crippen molar-refractivity contribution in [3.05, 3.63) is 33.8 Å². The van der Waals surface area contributed by atoms with E-state index in [9.17, 15) is 13.6 Å². The fourth-order valence-corrected chi connectivity index (χ4v) is 1.95. The van der Waals surface area contributed by atoms with Gasteiger partial charge in [-0.1, -0.05) is 22.9 Å². The summed E-state index contributed by atoms with van der Waals surface area (Å²) in [6.45, 7) is 1.72. The maximum atomic E-state index is 13.5. The molecule has 2 N–H and O–H groups in total. The highest BCUT2D eigenvalue weighted by Gasteiger charge is 2.20. The van der Waals surface area contributed by atoms with Crippen LogP contribution in [-0.4, -0.2) is 23.7 Å². The van der Waals surface area contributed by atoms with Crippen LogP contribution in [0.5, 0.6) is 0 Å². The largest absolute Gasteiger partial charge is 0.396 e. The Labute approximate surface area is 112 Å². The highest BCUT2D eigenvalue weighted by Crippen LogP contribution is 2.19. The van der Waals surface area contributed by atoms with Gasteiger partial charge < -0.3 is 10.4 Å². The van der Waals surface area contributed by atoms with Gasteiger partial charge in [0.1, 0.15) is 17.2 Å². The molecule has 3 nitrogen and oxygen atoms in total. The lowest BCUT2D eigenvalue weighted by molar-refractivity contribution is 0.0920. The van der Waals surface area contributed by atoms with Crippen molar-refractivity contribution < 1.29 is 18.7 Å². The van der Waals surface area contributed by atoms with E-state index in [0.29, 0.717) is 12.8 Å². The number of aliphatic hydroxyl groups excluding tert-OH is 1. The molecule has 0 saturated heterocycles. The maximum absolute atomic E-state index is 13.5. The number of hydrogen-bond acceptors (Lipinski definition) is 2. The molecule has 0 radical (unpaired) electrons. The lowest BCUT2D eigenvalue weighted by Crippen LogP contribution is -2.36. The lowest BCUT2D eigenvalue weighted by atomic mass is 10.1. The summed E-state index contributed by atoms with van der Waals surface area (Å²) in [5.74, 6) is -2.64. The number of hydrogen-bond donors (Lipinski definition) is 2. The molecule has 6 heteroatoms. The van der Waals surface area contributed by atoms with Crippen LogP contribution >= 0.6 is 15.9 Å². The van der Waals surface area contributed by atoms with E-state index in [-0.39, 0.29) is 17.1 Å². The Hall–Kier alpha value is -1.01. The van der Waals surface area contributed by atoms with E-state index in [0.717, 1.165) is 12.1 Å². The molecule has 0 aromatic heterocycles. The van der Waals surface area contributed by atoms with Gasteiger partial charge in [0.05, 0.1) is 0 Å². The van der Waals surface area contributed by atoms with Gasteiger partial charge in [0, 0.05) is 17.1 Å². The molecule has 1 unspecified atom stereocenters. The molecule has 0 saturated carbocycles. The van der Waals surface area contributed by atoms with Gasteiger partial charge in [0.25, 0.3) is 5.91 Å². The first kappa shape index (κ1) is 15.0. The number of amides is 1. The molecule has 0 aliphatic carbocycles. The first-order valence-electron chi connectivity index (χ1n) is 5.55. The second-order valence-corrected chi connectivity index (χ2v) is 4.75. The molecule has 0 fully saturated rings. The summed E-state index contributed by atoms with van der Waals surface area (Å²) in [7, 11) is 0. The van der Waals surface area contributed by atoms with E-state index in [1.807, 2.05) is 6.92 Å². The van der Waals surface area contributed by atoms with Crippen molar-refractivity contribution in [2.24, 2.45) is 0 Å². The Bertz CT molecular complexity index is 417. The highest BCUT2D eigenvalue weighted by molar-refractivity contribution is 9.10. The standard InChI is InChI=1S/C12H14BrF2NO2/c1-2-8(3-4-17)16-12(18)11-9(14)5-7(13)6-10(11)15/h5-6,8,17H,2-4H2,1H3,(H,16,18). The van der Waals surface area contributed by atoms with Gasteiger partial charge >= 0.3 is 0 Å². The number of halogens is 3. The van der Waals surface area contributed by atoms with Crippen LogP contribution in [0.4, 0.5) is 8.78 Å². The summed E-state index contributed by atoms with van der Waals surface area (Å²) in [6, 6.07) is 1.76. The zero-order chi connectivity index (χ0) is 13.7. The highest BCUT2D eigenvalue weighted by atomic mass is 79.9. The molecule has 0 aliphatic rings. The van der Waals surface area contributed by atoms with Gasteiger partial charge in [0.15, 0.2) is 0 Å². The van der Waals surface area contributed by atoms with E-state index in [4.69, 9.17) is 5.11 Å². The first-order valence-corrected chi connectivity index (χ1v) is 6.35. The topological polar surface area (TPSA) is 49.3 Å². The predicted octanol–water partition coefficient (Wildman–Crippen LogP) is 2.62. The third-order valence-corrected chi connectivity index (χ3v) is 3.00. The van der Waals surface area contributed by atoms with Crippen LogP contribution in [0.2, 0.25) is 0 Å². The number of rotatable bonds is 5. The van der Waals surface area contributed by atoms with Crippen LogP contribution in [0.25, 0.3) is 0 Å². The number of aliphatic hydroxyl groups is 1. The van der Waals surface area contributed by atoms with E-state index in [1.165, 1.54) is 0 Å². The Morgan fingerprint density at radius 2 is 2.00 bits per heavy atom. The molecule has 1 amide bonds. The third kappa shape index (κ3) is 3.74. The van der Waals surface area contributed by atoms with Gasteiger partial charge in [-0.05, 0) is 25.0 Å². The smallest absolute Gasteiger partial charge is 0.257 e. The molecule has 0 bridgehead atoms. The number of carbonyl (C=O) groups excluding carboxylic acids is 1. The van der Waals surface area contributed by atoms with E-state index in [2.05, 4.69) is 21.2 Å². The molecule has 0 heterocycles. The van der Waals surface area contributed by atoms with Crippen LogP contribution in [0.15, 0.2) is 16.6 Å². The van der Waals surface area contributed by atoms with Crippen molar-refractivity contribution in [1.29, 1.82) is 0 Å². The van der Waals surface area contributed by atoms with Gasteiger partial charge in [-0.15, -0.1) is 0 Å². The zero-order valence-electron chi connectivity index (χ0n) is 9.84. The number of carbonyl (C=O) groups is 1. The lowest BCUT2D eigenvalue weighted by Gasteiger charge is -2.16. The molecule has 1 rings (SSSR count). The quantitative estimate of drug-likeness (QED) is 0.875. The Morgan fingerprint density at radius 3 is 2.44 bits per heavy atom. The Kier molecular flexibility index (Phi) is 5.68.